The third kappa shape index (κ3) is 5.49. The van der Waals surface area contributed by atoms with Crippen LogP contribution in [0.4, 0.5) is 0 Å². The van der Waals surface area contributed by atoms with Crippen LogP contribution in [0.3, 0.4) is 0 Å². The lowest BCUT2D eigenvalue weighted by Crippen LogP contribution is -2.30. The highest BCUT2D eigenvalue weighted by Crippen LogP contribution is 2.27. The predicted molar refractivity (Wildman–Crippen MR) is 90.8 cm³/mol. The molecule has 0 bridgehead atoms. The second-order valence-electron chi connectivity index (χ2n) is 5.08. The fourth-order valence-corrected chi connectivity index (χ4v) is 2.12. The molecule has 0 saturated heterocycles. The highest BCUT2D eigenvalue weighted by atomic mass is 16.5. The van der Waals surface area contributed by atoms with Crippen LogP contribution in [0.15, 0.2) is 42.6 Å². The van der Waals surface area contributed by atoms with Crippen molar-refractivity contribution < 1.29 is 23.8 Å². The van der Waals surface area contributed by atoms with Gasteiger partial charge in [-0.1, -0.05) is 12.1 Å². The van der Waals surface area contributed by atoms with Crippen molar-refractivity contribution in [2.24, 2.45) is 0 Å². The third-order valence-corrected chi connectivity index (χ3v) is 3.39. The van der Waals surface area contributed by atoms with Crippen LogP contribution in [-0.2, 0) is 16.0 Å². The molecule has 7 heteroatoms. The lowest BCUT2D eigenvalue weighted by molar-refractivity contribution is -0.124. The number of hydrogen-bond donors (Lipinski definition) is 1. The number of esters is 1. The van der Waals surface area contributed by atoms with E-state index in [-0.39, 0.29) is 18.2 Å². The molecular formula is C18H20N2O5. The quantitative estimate of drug-likeness (QED) is 0.732. The molecule has 0 atom stereocenters. The van der Waals surface area contributed by atoms with Crippen molar-refractivity contribution in [2.75, 3.05) is 27.4 Å². The van der Waals surface area contributed by atoms with Gasteiger partial charge in [-0.3, -0.25) is 4.79 Å². The highest BCUT2D eigenvalue weighted by Gasteiger charge is 2.11. The van der Waals surface area contributed by atoms with E-state index in [0.29, 0.717) is 24.5 Å². The first kappa shape index (κ1) is 18.3. The Morgan fingerprint density at radius 1 is 1.08 bits per heavy atom. The van der Waals surface area contributed by atoms with Gasteiger partial charge in [-0.05, 0) is 36.2 Å². The summed E-state index contributed by atoms with van der Waals surface area (Å²) in [5, 5.41) is 2.70. The average Bonchev–Trinajstić information content (AvgIpc) is 2.66. The summed E-state index contributed by atoms with van der Waals surface area (Å²) in [6, 6.07) is 10.5. The molecule has 0 spiro atoms. The number of carbonyl (C=O) groups is 2. The van der Waals surface area contributed by atoms with E-state index in [9.17, 15) is 9.59 Å². The summed E-state index contributed by atoms with van der Waals surface area (Å²) in [7, 11) is 3.14. The molecule has 132 valence electrons. The topological polar surface area (TPSA) is 86.8 Å². The number of methoxy groups -OCH3 is 2. The Morgan fingerprint density at radius 3 is 2.56 bits per heavy atom. The maximum atomic E-state index is 11.7. The van der Waals surface area contributed by atoms with Gasteiger partial charge < -0.3 is 19.5 Å². The first-order chi connectivity index (χ1) is 12.1. The van der Waals surface area contributed by atoms with Crippen LogP contribution >= 0.6 is 0 Å². The molecule has 1 aromatic carbocycles. The van der Waals surface area contributed by atoms with Gasteiger partial charge in [0.1, 0.15) is 5.69 Å². The van der Waals surface area contributed by atoms with E-state index in [1.807, 2.05) is 18.2 Å². The molecule has 2 rings (SSSR count). The summed E-state index contributed by atoms with van der Waals surface area (Å²) < 4.78 is 15.3. The SMILES string of the molecule is COc1ccc(CCNC(=O)COC(=O)c2ccccn2)cc1OC. The van der Waals surface area contributed by atoms with Crippen molar-refractivity contribution in [1.82, 2.24) is 10.3 Å². The van der Waals surface area contributed by atoms with Gasteiger partial charge in [-0.15, -0.1) is 0 Å². The van der Waals surface area contributed by atoms with E-state index in [2.05, 4.69) is 10.3 Å². The summed E-state index contributed by atoms with van der Waals surface area (Å²) in [4.78, 5) is 27.3. The van der Waals surface area contributed by atoms with Gasteiger partial charge in [0.05, 0.1) is 14.2 Å². The van der Waals surface area contributed by atoms with E-state index >= 15 is 0 Å². The number of nitrogens with one attached hydrogen (secondary N) is 1. The molecule has 0 aliphatic rings. The molecule has 7 nitrogen and oxygen atoms in total. The van der Waals surface area contributed by atoms with Crippen LogP contribution in [0.1, 0.15) is 16.1 Å². The fraction of sp³-hybridized carbons (Fsp3) is 0.278. The Balaban J connectivity index is 1.74. The van der Waals surface area contributed by atoms with Gasteiger partial charge in [0.15, 0.2) is 18.1 Å². The van der Waals surface area contributed by atoms with Gasteiger partial charge in [0.25, 0.3) is 5.91 Å². The lowest BCUT2D eigenvalue weighted by atomic mass is 10.1. The molecule has 1 N–H and O–H groups in total. The number of ether oxygens (including phenoxy) is 3. The molecule has 0 aliphatic heterocycles. The zero-order chi connectivity index (χ0) is 18.1. The molecule has 0 aliphatic carbocycles. The van der Waals surface area contributed by atoms with E-state index in [1.54, 1.807) is 26.4 Å². The molecule has 1 aromatic heterocycles. The van der Waals surface area contributed by atoms with Crippen LogP contribution in [0.25, 0.3) is 0 Å². The van der Waals surface area contributed by atoms with Gasteiger partial charge in [-0.25, -0.2) is 9.78 Å². The molecule has 1 amide bonds. The Labute approximate surface area is 145 Å². The number of nitrogens with zero attached hydrogens (tertiary/aromatic N) is 1. The molecule has 2 aromatic rings. The normalized spacial score (nSPS) is 10.0. The van der Waals surface area contributed by atoms with Crippen molar-refractivity contribution in [3.05, 3.63) is 53.9 Å². The molecule has 25 heavy (non-hydrogen) atoms. The van der Waals surface area contributed by atoms with Crippen LogP contribution < -0.4 is 14.8 Å². The largest absolute Gasteiger partial charge is 0.493 e. The van der Waals surface area contributed by atoms with Crippen LogP contribution in [0, 0.1) is 0 Å². The Kier molecular flexibility index (Phi) is 6.76. The number of rotatable bonds is 8. The van der Waals surface area contributed by atoms with Crippen LogP contribution in [0.5, 0.6) is 11.5 Å². The monoisotopic (exact) mass is 344 g/mol. The first-order valence-electron chi connectivity index (χ1n) is 7.69. The van der Waals surface area contributed by atoms with Gasteiger partial charge in [-0.2, -0.15) is 0 Å². The van der Waals surface area contributed by atoms with Crippen molar-refractivity contribution in [3.8, 4) is 11.5 Å². The zero-order valence-corrected chi connectivity index (χ0v) is 14.2. The minimum Gasteiger partial charge on any atom is -0.493 e. The molecule has 0 radical (unpaired) electrons. The third-order valence-electron chi connectivity index (χ3n) is 3.39. The van der Waals surface area contributed by atoms with Crippen LogP contribution in [-0.4, -0.2) is 44.2 Å². The van der Waals surface area contributed by atoms with Gasteiger partial charge in [0.2, 0.25) is 0 Å². The predicted octanol–water partition coefficient (Wildman–Crippen LogP) is 1.61. The van der Waals surface area contributed by atoms with Crippen LogP contribution in [0.2, 0.25) is 0 Å². The molecule has 0 saturated carbocycles. The lowest BCUT2D eigenvalue weighted by Gasteiger charge is -2.10. The molecule has 0 fully saturated rings. The number of pyridine rings is 1. The second-order valence-corrected chi connectivity index (χ2v) is 5.08. The van der Waals surface area contributed by atoms with Crippen molar-refractivity contribution in [2.45, 2.75) is 6.42 Å². The number of aromatic nitrogens is 1. The summed E-state index contributed by atoms with van der Waals surface area (Å²) in [6.07, 6.45) is 2.10. The Morgan fingerprint density at radius 2 is 1.88 bits per heavy atom. The van der Waals surface area contributed by atoms with Gasteiger partial charge >= 0.3 is 5.97 Å². The average molecular weight is 344 g/mol. The molecule has 1 heterocycles. The van der Waals surface area contributed by atoms with E-state index in [4.69, 9.17) is 14.2 Å². The standard InChI is InChI=1S/C18H20N2O5/c1-23-15-7-6-13(11-16(15)24-2)8-10-20-17(21)12-25-18(22)14-5-3-4-9-19-14/h3-7,9,11H,8,10,12H2,1-2H3,(H,20,21). The fourth-order valence-electron chi connectivity index (χ4n) is 2.12. The first-order valence-corrected chi connectivity index (χ1v) is 7.69. The van der Waals surface area contributed by atoms with Gasteiger partial charge in [0, 0.05) is 12.7 Å². The number of amides is 1. The summed E-state index contributed by atoms with van der Waals surface area (Å²) in [5.41, 5.74) is 1.16. The Bertz CT molecular complexity index is 719. The summed E-state index contributed by atoms with van der Waals surface area (Å²) in [5.74, 6) is 0.285. The number of benzene rings is 1. The summed E-state index contributed by atoms with van der Waals surface area (Å²) >= 11 is 0. The molecule has 0 unspecified atom stereocenters. The second kappa shape index (κ2) is 9.27. The maximum absolute atomic E-state index is 11.7. The molecular weight excluding hydrogens is 324 g/mol. The number of carbonyl (C=O) groups excluding carboxylic acids is 2. The summed E-state index contributed by atoms with van der Waals surface area (Å²) in [6.45, 7) is 0.0663. The minimum absolute atomic E-state index is 0.167. The number of hydrogen-bond acceptors (Lipinski definition) is 6. The minimum atomic E-state index is -0.629. The van der Waals surface area contributed by atoms with E-state index < -0.39 is 5.97 Å². The van der Waals surface area contributed by atoms with Crippen molar-refractivity contribution in [3.63, 3.8) is 0 Å². The van der Waals surface area contributed by atoms with Crippen molar-refractivity contribution >= 4 is 11.9 Å². The maximum Gasteiger partial charge on any atom is 0.357 e. The van der Waals surface area contributed by atoms with E-state index in [0.717, 1.165) is 5.56 Å². The smallest absolute Gasteiger partial charge is 0.357 e. The van der Waals surface area contributed by atoms with E-state index in [1.165, 1.54) is 12.3 Å². The Hall–Kier alpha value is -3.09. The highest BCUT2D eigenvalue weighted by molar-refractivity contribution is 5.89. The van der Waals surface area contributed by atoms with Crippen molar-refractivity contribution in [1.29, 1.82) is 0 Å². The zero-order valence-electron chi connectivity index (χ0n) is 14.2.